The summed E-state index contributed by atoms with van der Waals surface area (Å²) < 4.78 is 9.31. The number of ether oxygens (including phenoxy) is 2. The van der Waals surface area contributed by atoms with Crippen molar-refractivity contribution in [1.82, 2.24) is 0 Å². The van der Waals surface area contributed by atoms with Crippen molar-refractivity contribution in [2.75, 3.05) is 13.9 Å². The summed E-state index contributed by atoms with van der Waals surface area (Å²) in [4.78, 5) is 3.07. The second-order valence-electron chi connectivity index (χ2n) is 1.30. The molecule has 3 nitrogen and oxygen atoms in total. The van der Waals surface area contributed by atoms with Crippen LogP contribution in [0.2, 0.25) is 0 Å². The Balaban J connectivity index is 3.02. The predicted molar refractivity (Wildman–Crippen MR) is 29.0 cm³/mol. The first-order valence-electron chi connectivity index (χ1n) is 2.28. The Morgan fingerprint density at radius 3 is 2.75 bits per heavy atom. The van der Waals surface area contributed by atoms with Crippen LogP contribution in [-0.2, 0) is 9.47 Å². The number of hydrogen-bond acceptors (Lipinski definition) is 2. The van der Waals surface area contributed by atoms with Crippen molar-refractivity contribution in [2.24, 2.45) is 0 Å². The molecule has 0 aromatic rings. The van der Waals surface area contributed by atoms with Crippen LogP contribution in [0.25, 0.3) is 4.85 Å². The summed E-state index contributed by atoms with van der Waals surface area (Å²) in [6.45, 7) is 8.30. The SMILES string of the molecule is [C-]#[N+]C(C)OCOC. The highest BCUT2D eigenvalue weighted by Crippen LogP contribution is 1.89. The summed E-state index contributed by atoms with van der Waals surface area (Å²) >= 11 is 0. The van der Waals surface area contributed by atoms with Gasteiger partial charge < -0.3 is 4.74 Å². The molecule has 1 atom stereocenters. The molecule has 0 spiro atoms. The van der Waals surface area contributed by atoms with E-state index in [1.54, 1.807) is 6.92 Å². The lowest BCUT2D eigenvalue weighted by molar-refractivity contribution is -0.0503. The van der Waals surface area contributed by atoms with Gasteiger partial charge in [0, 0.05) is 14.0 Å². The molecule has 0 aliphatic carbocycles. The van der Waals surface area contributed by atoms with Gasteiger partial charge in [-0.2, -0.15) is 0 Å². The molecule has 0 aliphatic heterocycles. The molecule has 46 valence electrons. The third-order valence-electron chi connectivity index (χ3n) is 0.609. The minimum atomic E-state index is -0.380. The van der Waals surface area contributed by atoms with E-state index < -0.39 is 0 Å². The first-order chi connectivity index (χ1) is 3.81. The minimum Gasteiger partial charge on any atom is -0.358 e. The van der Waals surface area contributed by atoms with Crippen LogP contribution in [-0.4, -0.2) is 20.1 Å². The Labute approximate surface area is 49.0 Å². The Morgan fingerprint density at radius 2 is 2.38 bits per heavy atom. The molecule has 0 aliphatic rings. The van der Waals surface area contributed by atoms with Crippen molar-refractivity contribution in [3.63, 3.8) is 0 Å². The maximum atomic E-state index is 6.43. The number of nitrogens with zero attached hydrogens (tertiary/aromatic N) is 1. The summed E-state index contributed by atoms with van der Waals surface area (Å²) in [6, 6.07) is 0. The normalized spacial score (nSPS) is 12.6. The van der Waals surface area contributed by atoms with Crippen LogP contribution in [0.4, 0.5) is 0 Å². The number of rotatable bonds is 3. The smallest absolute Gasteiger partial charge is 0.326 e. The highest BCUT2D eigenvalue weighted by Gasteiger charge is 1.99. The van der Waals surface area contributed by atoms with E-state index in [0.29, 0.717) is 0 Å². The zero-order chi connectivity index (χ0) is 6.41. The summed E-state index contributed by atoms with van der Waals surface area (Å²) in [6.07, 6.45) is -0.380. The maximum Gasteiger partial charge on any atom is 0.326 e. The number of methoxy groups -OCH3 is 1. The largest absolute Gasteiger partial charge is 0.358 e. The van der Waals surface area contributed by atoms with Gasteiger partial charge in [0.25, 0.3) is 0 Å². The van der Waals surface area contributed by atoms with Crippen LogP contribution in [0.3, 0.4) is 0 Å². The van der Waals surface area contributed by atoms with Crippen molar-refractivity contribution >= 4 is 0 Å². The lowest BCUT2D eigenvalue weighted by Crippen LogP contribution is -2.04. The third kappa shape index (κ3) is 3.59. The average Bonchev–Trinajstić information content (AvgIpc) is 1.83. The zero-order valence-corrected chi connectivity index (χ0v) is 5.05. The van der Waals surface area contributed by atoms with Crippen LogP contribution in [0, 0.1) is 6.57 Å². The fraction of sp³-hybridized carbons (Fsp3) is 0.800. The Hall–Kier alpha value is -0.590. The van der Waals surface area contributed by atoms with Crippen molar-refractivity contribution < 1.29 is 9.47 Å². The van der Waals surface area contributed by atoms with Crippen LogP contribution in [0.15, 0.2) is 0 Å². The van der Waals surface area contributed by atoms with Gasteiger partial charge in [-0.25, -0.2) is 6.57 Å². The summed E-state index contributed by atoms with van der Waals surface area (Å²) in [5.74, 6) is 0. The maximum absolute atomic E-state index is 6.43. The van der Waals surface area contributed by atoms with Crippen molar-refractivity contribution in [2.45, 2.75) is 13.2 Å². The van der Waals surface area contributed by atoms with Gasteiger partial charge in [0.15, 0.2) is 6.79 Å². The molecule has 0 aromatic carbocycles. The van der Waals surface area contributed by atoms with Gasteiger partial charge in [-0.05, 0) is 0 Å². The monoisotopic (exact) mass is 115 g/mol. The van der Waals surface area contributed by atoms with Crippen molar-refractivity contribution in [3.05, 3.63) is 11.4 Å². The lowest BCUT2D eigenvalue weighted by Gasteiger charge is -1.97. The Morgan fingerprint density at radius 1 is 1.75 bits per heavy atom. The molecule has 0 saturated heterocycles. The molecular formula is C5H9NO2. The van der Waals surface area contributed by atoms with E-state index in [1.165, 1.54) is 7.11 Å². The molecule has 0 bridgehead atoms. The van der Waals surface area contributed by atoms with Gasteiger partial charge in [0.1, 0.15) is 0 Å². The molecule has 0 amide bonds. The molecule has 0 fully saturated rings. The van der Waals surface area contributed by atoms with E-state index in [2.05, 4.69) is 9.58 Å². The molecule has 0 saturated carbocycles. The summed E-state index contributed by atoms with van der Waals surface area (Å²) in [5.41, 5.74) is 0. The van der Waals surface area contributed by atoms with Gasteiger partial charge >= 0.3 is 6.23 Å². The van der Waals surface area contributed by atoms with Gasteiger partial charge in [-0.1, -0.05) is 0 Å². The van der Waals surface area contributed by atoms with Crippen LogP contribution in [0.1, 0.15) is 6.92 Å². The van der Waals surface area contributed by atoms with E-state index >= 15 is 0 Å². The highest BCUT2D eigenvalue weighted by molar-refractivity contribution is 4.59. The second kappa shape index (κ2) is 4.57. The van der Waals surface area contributed by atoms with Gasteiger partial charge in [0.2, 0.25) is 0 Å². The van der Waals surface area contributed by atoms with Crippen molar-refractivity contribution in [1.29, 1.82) is 0 Å². The van der Waals surface area contributed by atoms with Crippen LogP contribution < -0.4 is 0 Å². The summed E-state index contributed by atoms with van der Waals surface area (Å²) in [5, 5.41) is 0. The van der Waals surface area contributed by atoms with Gasteiger partial charge in [-0.15, -0.1) is 0 Å². The second-order valence-corrected chi connectivity index (χ2v) is 1.30. The fourth-order valence-corrected chi connectivity index (χ4v) is 0.204. The molecule has 0 aromatic heterocycles. The third-order valence-corrected chi connectivity index (χ3v) is 0.609. The lowest BCUT2D eigenvalue weighted by atomic mass is 10.7. The van der Waals surface area contributed by atoms with Crippen LogP contribution in [0.5, 0.6) is 0 Å². The molecule has 3 heteroatoms. The molecule has 0 rings (SSSR count). The molecular weight excluding hydrogens is 106 g/mol. The molecule has 1 unspecified atom stereocenters. The predicted octanol–water partition coefficient (Wildman–Crippen LogP) is 0.872. The topological polar surface area (TPSA) is 22.8 Å². The zero-order valence-electron chi connectivity index (χ0n) is 5.05. The first kappa shape index (κ1) is 7.41. The van der Waals surface area contributed by atoms with E-state index in [0.717, 1.165) is 0 Å². The first-order valence-corrected chi connectivity index (χ1v) is 2.28. The van der Waals surface area contributed by atoms with E-state index in [9.17, 15) is 0 Å². The molecule has 0 heterocycles. The van der Waals surface area contributed by atoms with Crippen molar-refractivity contribution in [3.8, 4) is 0 Å². The average molecular weight is 115 g/mol. The number of hydrogen-bond donors (Lipinski definition) is 0. The van der Waals surface area contributed by atoms with Gasteiger partial charge in [0.05, 0.1) is 0 Å². The Kier molecular flexibility index (Phi) is 4.23. The highest BCUT2D eigenvalue weighted by atomic mass is 16.7. The molecule has 0 radical (unpaired) electrons. The van der Waals surface area contributed by atoms with Gasteiger partial charge in [-0.3, -0.25) is 9.58 Å². The van der Waals surface area contributed by atoms with E-state index in [-0.39, 0.29) is 13.0 Å². The molecule has 8 heavy (non-hydrogen) atoms. The minimum absolute atomic E-state index is 0.198. The van der Waals surface area contributed by atoms with Crippen LogP contribution >= 0.6 is 0 Å². The summed E-state index contributed by atoms with van der Waals surface area (Å²) in [7, 11) is 1.52. The molecule has 0 N–H and O–H groups in total. The quantitative estimate of drug-likeness (QED) is 0.402. The van der Waals surface area contributed by atoms with E-state index in [4.69, 9.17) is 11.3 Å². The fourth-order valence-electron chi connectivity index (χ4n) is 0.204. The van der Waals surface area contributed by atoms with E-state index in [1.807, 2.05) is 0 Å². The standard InChI is InChI=1S/C5H9NO2/c1-5(6-2)8-4-7-3/h5H,4H2,1,3H3. The Bertz CT molecular complexity index is 86.9.